The number of likely N-dealkylation sites (tertiary alicyclic amines) is 1. The molecule has 0 saturated carbocycles. The lowest BCUT2D eigenvalue weighted by Gasteiger charge is -2.15. The van der Waals surface area contributed by atoms with Crippen LogP contribution in [0.2, 0.25) is 0 Å². The third-order valence-electron chi connectivity index (χ3n) is 3.89. The largest absolute Gasteiger partial charge is 0.493 e. The number of benzene rings is 1. The van der Waals surface area contributed by atoms with Gasteiger partial charge in [0, 0.05) is 24.9 Å². The number of nitriles is 1. The molecule has 3 rings (SSSR count). The van der Waals surface area contributed by atoms with Gasteiger partial charge < -0.3 is 9.84 Å². The number of hydrogen-bond acceptors (Lipinski definition) is 4. The second-order valence-corrected chi connectivity index (χ2v) is 5.08. The molecule has 1 saturated heterocycles. The number of hydrogen-bond donors (Lipinski definition) is 1. The fourth-order valence-corrected chi connectivity index (χ4v) is 2.90. The molecule has 0 amide bonds. The van der Waals surface area contributed by atoms with Crippen molar-refractivity contribution in [2.75, 3.05) is 19.7 Å². The lowest BCUT2D eigenvalue weighted by molar-refractivity contribution is 0.0477. The van der Waals surface area contributed by atoms with Gasteiger partial charge in [-0.3, -0.25) is 4.90 Å². The van der Waals surface area contributed by atoms with Gasteiger partial charge in [0.15, 0.2) is 0 Å². The molecule has 100 valence electrons. The highest BCUT2D eigenvalue weighted by molar-refractivity contribution is 5.42. The van der Waals surface area contributed by atoms with E-state index in [1.807, 2.05) is 12.1 Å². The van der Waals surface area contributed by atoms with Crippen molar-refractivity contribution in [3.05, 3.63) is 29.1 Å². The van der Waals surface area contributed by atoms with Gasteiger partial charge in [-0.05, 0) is 23.6 Å². The summed E-state index contributed by atoms with van der Waals surface area (Å²) < 4.78 is 19.4. The average molecular weight is 262 g/mol. The summed E-state index contributed by atoms with van der Waals surface area (Å²) in [6.45, 7) is 1.30. The maximum atomic E-state index is 14.1. The normalized spacial score (nSPS) is 25.9. The van der Waals surface area contributed by atoms with Crippen molar-refractivity contribution in [3.63, 3.8) is 0 Å². The van der Waals surface area contributed by atoms with Crippen LogP contribution in [0.3, 0.4) is 0 Å². The van der Waals surface area contributed by atoms with Crippen molar-refractivity contribution in [3.8, 4) is 11.8 Å². The molecular weight excluding hydrogens is 247 g/mol. The van der Waals surface area contributed by atoms with Crippen LogP contribution in [0.25, 0.3) is 0 Å². The van der Waals surface area contributed by atoms with E-state index < -0.39 is 6.23 Å². The Balaban J connectivity index is 1.86. The van der Waals surface area contributed by atoms with E-state index in [1.54, 1.807) is 4.90 Å². The second-order valence-electron chi connectivity index (χ2n) is 5.08. The highest BCUT2D eigenvalue weighted by Crippen LogP contribution is 2.36. The highest BCUT2D eigenvalue weighted by Gasteiger charge is 2.33. The van der Waals surface area contributed by atoms with E-state index in [0.717, 1.165) is 12.0 Å². The average Bonchev–Trinajstić information content (AvgIpc) is 2.96. The van der Waals surface area contributed by atoms with E-state index in [0.29, 0.717) is 30.9 Å². The molecule has 4 nitrogen and oxygen atoms in total. The molecule has 5 heteroatoms. The standard InChI is InChI=1S/C14H15FN2O2/c15-12-7-13-9(1-4-19-13)5-11(12)10-6-14(18)17(8-10)3-2-16/h5,7,10,14,18H,1,3-4,6,8H2/t10-,14?/m0/s1. The number of nitrogens with zero attached hydrogens (tertiary/aromatic N) is 2. The van der Waals surface area contributed by atoms with Crippen molar-refractivity contribution < 1.29 is 14.2 Å². The van der Waals surface area contributed by atoms with E-state index in [-0.39, 0.29) is 18.3 Å². The first-order valence-corrected chi connectivity index (χ1v) is 6.43. The van der Waals surface area contributed by atoms with Crippen LogP contribution in [-0.2, 0) is 6.42 Å². The summed E-state index contributed by atoms with van der Waals surface area (Å²) in [6, 6.07) is 5.31. The first-order chi connectivity index (χ1) is 9.19. The van der Waals surface area contributed by atoms with Crippen LogP contribution in [0.5, 0.6) is 5.75 Å². The molecule has 2 aliphatic rings. The summed E-state index contributed by atoms with van der Waals surface area (Å²) in [6.07, 6.45) is 0.617. The van der Waals surface area contributed by atoms with Gasteiger partial charge in [0.05, 0.1) is 19.2 Å². The Morgan fingerprint density at radius 1 is 1.53 bits per heavy atom. The monoisotopic (exact) mass is 262 g/mol. The smallest absolute Gasteiger partial charge is 0.130 e. The number of halogens is 1. The third kappa shape index (κ3) is 2.18. The Morgan fingerprint density at radius 2 is 2.37 bits per heavy atom. The van der Waals surface area contributed by atoms with Crippen LogP contribution in [0.15, 0.2) is 12.1 Å². The number of aliphatic hydroxyl groups is 1. The zero-order valence-electron chi connectivity index (χ0n) is 10.5. The predicted molar refractivity (Wildman–Crippen MR) is 66.1 cm³/mol. The Hall–Kier alpha value is -1.64. The van der Waals surface area contributed by atoms with Crippen LogP contribution in [0.4, 0.5) is 4.39 Å². The van der Waals surface area contributed by atoms with Crippen LogP contribution < -0.4 is 4.74 Å². The zero-order valence-corrected chi connectivity index (χ0v) is 10.5. The first-order valence-electron chi connectivity index (χ1n) is 6.43. The SMILES string of the molecule is N#CCN1C[C@@H](c2cc3c(cc2F)OCC3)CC1O. The van der Waals surface area contributed by atoms with Crippen LogP contribution in [0.1, 0.15) is 23.5 Å². The van der Waals surface area contributed by atoms with Gasteiger partial charge in [0.1, 0.15) is 17.8 Å². The fourth-order valence-electron chi connectivity index (χ4n) is 2.90. The van der Waals surface area contributed by atoms with Crippen molar-refractivity contribution in [2.24, 2.45) is 0 Å². The highest BCUT2D eigenvalue weighted by atomic mass is 19.1. The van der Waals surface area contributed by atoms with E-state index in [2.05, 4.69) is 0 Å². The topological polar surface area (TPSA) is 56.5 Å². The maximum absolute atomic E-state index is 14.1. The Morgan fingerprint density at radius 3 is 3.16 bits per heavy atom. The number of rotatable bonds is 2. The van der Waals surface area contributed by atoms with Gasteiger partial charge in [-0.25, -0.2) is 4.39 Å². The van der Waals surface area contributed by atoms with Gasteiger partial charge in [0.25, 0.3) is 0 Å². The van der Waals surface area contributed by atoms with Gasteiger partial charge >= 0.3 is 0 Å². The molecular formula is C14H15FN2O2. The molecule has 1 aromatic carbocycles. The fraction of sp³-hybridized carbons (Fsp3) is 0.500. The van der Waals surface area contributed by atoms with Crippen LogP contribution >= 0.6 is 0 Å². The predicted octanol–water partition coefficient (Wildman–Crippen LogP) is 1.39. The maximum Gasteiger partial charge on any atom is 0.130 e. The van der Waals surface area contributed by atoms with Gasteiger partial charge in [-0.15, -0.1) is 0 Å². The van der Waals surface area contributed by atoms with E-state index in [4.69, 9.17) is 10.00 Å². The summed E-state index contributed by atoms with van der Waals surface area (Å²) >= 11 is 0. The minimum absolute atomic E-state index is 0.0609. The third-order valence-corrected chi connectivity index (χ3v) is 3.89. The molecule has 0 spiro atoms. The quantitative estimate of drug-likeness (QED) is 0.818. The summed E-state index contributed by atoms with van der Waals surface area (Å²) in [4.78, 5) is 1.67. The minimum Gasteiger partial charge on any atom is -0.493 e. The van der Waals surface area contributed by atoms with E-state index in [1.165, 1.54) is 6.07 Å². The second kappa shape index (κ2) is 4.80. The van der Waals surface area contributed by atoms with E-state index in [9.17, 15) is 9.50 Å². The summed E-state index contributed by atoms with van der Waals surface area (Å²) in [5.41, 5.74) is 1.66. The van der Waals surface area contributed by atoms with E-state index >= 15 is 0 Å². The van der Waals surface area contributed by atoms with Crippen molar-refractivity contribution in [1.29, 1.82) is 5.26 Å². The molecule has 2 aliphatic heterocycles. The number of aliphatic hydroxyl groups excluding tert-OH is 1. The van der Waals surface area contributed by atoms with Crippen molar-refractivity contribution in [1.82, 2.24) is 4.90 Å². The molecule has 0 aromatic heterocycles. The molecule has 2 heterocycles. The summed E-state index contributed by atoms with van der Waals surface area (Å²) in [5.74, 6) is 0.291. The van der Waals surface area contributed by atoms with Gasteiger partial charge in [0.2, 0.25) is 0 Å². The molecule has 1 aromatic rings. The lowest BCUT2D eigenvalue weighted by Crippen LogP contribution is -2.29. The molecule has 19 heavy (non-hydrogen) atoms. The Labute approximate surface area is 111 Å². The lowest BCUT2D eigenvalue weighted by atomic mass is 9.95. The molecule has 1 N–H and O–H groups in total. The van der Waals surface area contributed by atoms with Crippen molar-refractivity contribution in [2.45, 2.75) is 25.0 Å². The van der Waals surface area contributed by atoms with Crippen molar-refractivity contribution >= 4 is 0 Å². The van der Waals surface area contributed by atoms with Crippen LogP contribution in [-0.4, -0.2) is 35.9 Å². The minimum atomic E-state index is -0.659. The molecule has 0 bridgehead atoms. The molecule has 1 unspecified atom stereocenters. The first kappa shape index (κ1) is 12.4. The number of fused-ring (bicyclic) bond motifs is 1. The molecule has 0 radical (unpaired) electrons. The van der Waals surface area contributed by atoms with Gasteiger partial charge in [-0.1, -0.05) is 0 Å². The summed E-state index contributed by atoms with van der Waals surface area (Å²) in [7, 11) is 0. The number of ether oxygens (including phenoxy) is 1. The Bertz CT molecular complexity index is 541. The Kier molecular flexibility index (Phi) is 3.13. The summed E-state index contributed by atoms with van der Waals surface area (Å²) in [5, 5.41) is 18.6. The van der Waals surface area contributed by atoms with Gasteiger partial charge in [-0.2, -0.15) is 5.26 Å². The molecule has 2 atom stereocenters. The zero-order chi connectivity index (χ0) is 13.4. The van der Waals surface area contributed by atoms with Crippen LogP contribution in [0, 0.1) is 17.1 Å². The molecule has 0 aliphatic carbocycles. The molecule has 1 fully saturated rings.